The first-order valence-corrected chi connectivity index (χ1v) is 11.6. The zero-order chi connectivity index (χ0) is 18.3. The lowest BCUT2D eigenvalue weighted by atomic mass is 10.2. The summed E-state index contributed by atoms with van der Waals surface area (Å²) in [4.78, 5) is 12.4. The van der Waals surface area contributed by atoms with E-state index in [1.54, 1.807) is 11.8 Å². The zero-order valence-electron chi connectivity index (χ0n) is 15.0. The number of hydrogen-bond acceptors (Lipinski definition) is 4. The zero-order valence-corrected chi connectivity index (χ0v) is 16.7. The minimum absolute atomic E-state index is 0.114. The molecule has 1 aliphatic heterocycles. The summed E-state index contributed by atoms with van der Waals surface area (Å²) >= 11 is 1.76. The highest BCUT2D eigenvalue weighted by Gasteiger charge is 2.37. The van der Waals surface area contributed by atoms with Crippen LogP contribution in [0.5, 0.6) is 0 Å². The van der Waals surface area contributed by atoms with Gasteiger partial charge in [-0.2, -0.15) is 16.1 Å². The minimum atomic E-state index is -3.31. The molecule has 0 spiro atoms. The number of amides is 1. The van der Waals surface area contributed by atoms with Gasteiger partial charge in [-0.05, 0) is 31.7 Å². The van der Waals surface area contributed by atoms with Crippen molar-refractivity contribution in [1.82, 2.24) is 9.62 Å². The van der Waals surface area contributed by atoms with E-state index in [1.807, 2.05) is 6.92 Å². The van der Waals surface area contributed by atoms with Crippen LogP contribution >= 0.6 is 11.8 Å². The first-order valence-electron chi connectivity index (χ1n) is 8.84. The average molecular weight is 385 g/mol. The van der Waals surface area contributed by atoms with Crippen LogP contribution in [0, 0.1) is 6.92 Å². The highest BCUT2D eigenvalue weighted by atomic mass is 32.2. The van der Waals surface area contributed by atoms with E-state index >= 15 is 0 Å². The molecule has 0 aromatic heterocycles. The Kier molecular flexibility index (Phi) is 7.78. The van der Waals surface area contributed by atoms with E-state index in [9.17, 15) is 13.2 Å². The fourth-order valence-corrected chi connectivity index (χ4v) is 5.51. The van der Waals surface area contributed by atoms with Gasteiger partial charge in [-0.15, -0.1) is 0 Å². The van der Waals surface area contributed by atoms with Gasteiger partial charge in [-0.3, -0.25) is 4.79 Å². The third kappa shape index (κ3) is 6.01. The normalized spacial score (nSPS) is 18.4. The standard InChI is InChI=1S/C18H28N2O3S2/c1-3-13-25(22,23)20-11-4-5-17(20)18(21)19-10-12-24-14-16-8-6-15(2)7-9-16/h6-9,17H,3-5,10-14H2,1-2H3,(H,19,21). The van der Waals surface area contributed by atoms with Crippen LogP contribution in [0.1, 0.15) is 37.3 Å². The molecular weight excluding hydrogens is 356 g/mol. The summed E-state index contributed by atoms with van der Waals surface area (Å²) in [7, 11) is -3.31. The van der Waals surface area contributed by atoms with Gasteiger partial charge in [-0.25, -0.2) is 8.42 Å². The first kappa shape index (κ1) is 20.3. The molecule has 0 radical (unpaired) electrons. The Hall–Kier alpha value is -1.05. The molecule has 1 aromatic carbocycles. The maximum absolute atomic E-state index is 12.4. The molecule has 2 rings (SSSR count). The molecule has 7 heteroatoms. The lowest BCUT2D eigenvalue weighted by Gasteiger charge is -2.23. The molecule has 0 saturated carbocycles. The fraction of sp³-hybridized carbons (Fsp3) is 0.611. The number of hydrogen-bond donors (Lipinski definition) is 1. The van der Waals surface area contributed by atoms with Crippen molar-refractivity contribution >= 4 is 27.7 Å². The topological polar surface area (TPSA) is 66.5 Å². The summed E-state index contributed by atoms with van der Waals surface area (Å²) in [5.74, 6) is 1.68. The molecule has 1 N–H and O–H groups in total. The van der Waals surface area contributed by atoms with E-state index in [0.29, 0.717) is 25.9 Å². The van der Waals surface area contributed by atoms with Gasteiger partial charge in [0, 0.05) is 24.6 Å². The van der Waals surface area contributed by atoms with Crippen LogP contribution in [0.15, 0.2) is 24.3 Å². The van der Waals surface area contributed by atoms with Crippen molar-refractivity contribution in [3.05, 3.63) is 35.4 Å². The highest BCUT2D eigenvalue weighted by molar-refractivity contribution is 7.98. The van der Waals surface area contributed by atoms with E-state index in [4.69, 9.17) is 0 Å². The molecule has 1 heterocycles. The van der Waals surface area contributed by atoms with Gasteiger partial charge < -0.3 is 5.32 Å². The molecule has 1 atom stereocenters. The SMILES string of the molecule is CCCS(=O)(=O)N1CCCC1C(=O)NCCSCc1ccc(C)cc1. The third-order valence-electron chi connectivity index (χ3n) is 4.26. The molecule has 25 heavy (non-hydrogen) atoms. The van der Waals surface area contributed by atoms with Crippen LogP contribution in [0.4, 0.5) is 0 Å². The smallest absolute Gasteiger partial charge is 0.238 e. The van der Waals surface area contributed by atoms with Gasteiger partial charge in [-0.1, -0.05) is 36.8 Å². The molecule has 1 aliphatic rings. The Morgan fingerprint density at radius 2 is 2.04 bits per heavy atom. The largest absolute Gasteiger partial charge is 0.354 e. The highest BCUT2D eigenvalue weighted by Crippen LogP contribution is 2.22. The summed E-state index contributed by atoms with van der Waals surface area (Å²) in [6.07, 6.45) is 1.94. The predicted octanol–water partition coefficient (Wildman–Crippen LogP) is 2.55. The van der Waals surface area contributed by atoms with E-state index in [2.05, 4.69) is 36.5 Å². The lowest BCUT2D eigenvalue weighted by molar-refractivity contribution is -0.124. The molecule has 1 amide bonds. The Morgan fingerprint density at radius 3 is 2.72 bits per heavy atom. The summed E-state index contributed by atoms with van der Waals surface area (Å²) in [5, 5.41) is 2.90. The number of aryl methyl sites for hydroxylation is 1. The Bertz CT molecular complexity index is 659. The van der Waals surface area contributed by atoms with Gasteiger partial charge in [0.1, 0.15) is 6.04 Å². The quantitative estimate of drug-likeness (QED) is 0.665. The van der Waals surface area contributed by atoms with Crippen molar-refractivity contribution in [1.29, 1.82) is 0 Å². The summed E-state index contributed by atoms with van der Waals surface area (Å²) in [6, 6.07) is 7.91. The van der Waals surface area contributed by atoms with E-state index in [0.717, 1.165) is 17.9 Å². The second-order valence-electron chi connectivity index (χ2n) is 6.41. The van der Waals surface area contributed by atoms with Crippen molar-refractivity contribution in [3.8, 4) is 0 Å². The van der Waals surface area contributed by atoms with Crippen molar-refractivity contribution in [3.63, 3.8) is 0 Å². The molecule has 1 saturated heterocycles. The van der Waals surface area contributed by atoms with E-state index < -0.39 is 16.1 Å². The number of carbonyl (C=O) groups is 1. The number of carbonyl (C=O) groups excluding carboxylic acids is 1. The van der Waals surface area contributed by atoms with Gasteiger partial charge in [0.15, 0.2) is 0 Å². The predicted molar refractivity (Wildman–Crippen MR) is 104 cm³/mol. The molecule has 0 aliphatic carbocycles. The molecular formula is C18H28N2O3S2. The van der Waals surface area contributed by atoms with Gasteiger partial charge in [0.05, 0.1) is 5.75 Å². The molecule has 5 nitrogen and oxygen atoms in total. The summed E-state index contributed by atoms with van der Waals surface area (Å²) < 4.78 is 25.9. The Balaban J connectivity index is 1.73. The van der Waals surface area contributed by atoms with Crippen LogP contribution in [0.25, 0.3) is 0 Å². The second-order valence-corrected chi connectivity index (χ2v) is 9.56. The van der Waals surface area contributed by atoms with Crippen molar-refractivity contribution in [2.45, 2.75) is 44.9 Å². The maximum Gasteiger partial charge on any atom is 0.238 e. The van der Waals surface area contributed by atoms with Crippen LogP contribution in [-0.2, 0) is 20.6 Å². The van der Waals surface area contributed by atoms with Crippen molar-refractivity contribution in [2.24, 2.45) is 0 Å². The molecule has 1 unspecified atom stereocenters. The van der Waals surface area contributed by atoms with E-state index in [1.165, 1.54) is 15.4 Å². The number of nitrogens with one attached hydrogen (secondary N) is 1. The van der Waals surface area contributed by atoms with Crippen LogP contribution in [0.2, 0.25) is 0 Å². The average Bonchev–Trinajstić information content (AvgIpc) is 3.07. The molecule has 0 bridgehead atoms. The Morgan fingerprint density at radius 1 is 1.32 bits per heavy atom. The second kappa shape index (κ2) is 9.59. The minimum Gasteiger partial charge on any atom is -0.354 e. The molecule has 1 fully saturated rings. The van der Waals surface area contributed by atoms with Crippen LogP contribution in [-0.4, -0.2) is 49.3 Å². The van der Waals surface area contributed by atoms with Crippen LogP contribution < -0.4 is 5.32 Å². The third-order valence-corrected chi connectivity index (χ3v) is 7.37. The van der Waals surface area contributed by atoms with E-state index in [-0.39, 0.29) is 11.7 Å². The molecule has 1 aromatic rings. The number of rotatable bonds is 9. The summed E-state index contributed by atoms with van der Waals surface area (Å²) in [5.41, 5.74) is 2.52. The fourth-order valence-electron chi connectivity index (χ4n) is 2.95. The van der Waals surface area contributed by atoms with Crippen molar-refractivity contribution < 1.29 is 13.2 Å². The number of nitrogens with zero attached hydrogens (tertiary/aromatic N) is 1. The lowest BCUT2D eigenvalue weighted by Crippen LogP contribution is -2.47. The van der Waals surface area contributed by atoms with Crippen molar-refractivity contribution in [2.75, 3.05) is 24.6 Å². The summed E-state index contributed by atoms with van der Waals surface area (Å²) in [6.45, 7) is 4.93. The number of thioether (sulfide) groups is 1. The monoisotopic (exact) mass is 384 g/mol. The van der Waals surface area contributed by atoms with Gasteiger partial charge in [0.25, 0.3) is 0 Å². The number of sulfonamides is 1. The first-order chi connectivity index (χ1) is 11.9. The maximum atomic E-state index is 12.4. The Labute approximate surface area is 155 Å². The molecule has 140 valence electrons. The van der Waals surface area contributed by atoms with Crippen LogP contribution in [0.3, 0.4) is 0 Å². The van der Waals surface area contributed by atoms with Gasteiger partial charge >= 0.3 is 0 Å². The number of benzene rings is 1. The van der Waals surface area contributed by atoms with Gasteiger partial charge in [0.2, 0.25) is 15.9 Å².